The Hall–Kier alpha value is -1.54. The van der Waals surface area contributed by atoms with Crippen LogP contribution >= 0.6 is 31.9 Å². The molecule has 8 heteroatoms. The van der Waals surface area contributed by atoms with Gasteiger partial charge in [-0.15, -0.1) is 0 Å². The number of carbonyl (C=O) groups excluding carboxylic acids is 1. The van der Waals surface area contributed by atoms with Crippen LogP contribution in [0.25, 0.3) is 0 Å². The van der Waals surface area contributed by atoms with E-state index in [0.717, 1.165) is 0 Å². The third-order valence-electron chi connectivity index (χ3n) is 2.23. The molecule has 6 nitrogen and oxygen atoms in total. The molecular weight excluding hydrogens is 380 g/mol. The Morgan fingerprint density at radius 3 is 2.79 bits per heavy atom. The molecule has 0 fully saturated rings. The van der Waals surface area contributed by atoms with E-state index in [9.17, 15) is 9.59 Å². The predicted octanol–water partition coefficient (Wildman–Crippen LogP) is 2.25. The van der Waals surface area contributed by atoms with E-state index >= 15 is 0 Å². The Balaban J connectivity index is 2.28. The Labute approximate surface area is 124 Å². The number of hydrogen-bond acceptors (Lipinski definition) is 4. The number of nitrogens with one attached hydrogen (secondary N) is 2. The van der Waals surface area contributed by atoms with E-state index in [1.165, 1.54) is 18.5 Å². The molecule has 0 aliphatic carbocycles. The fraction of sp³-hybridized carbons (Fsp3) is 0.0909. The number of aromatic nitrogens is 3. The van der Waals surface area contributed by atoms with Crippen LogP contribution in [0.5, 0.6) is 0 Å². The fourth-order valence-electron chi connectivity index (χ4n) is 1.36. The summed E-state index contributed by atoms with van der Waals surface area (Å²) >= 11 is 6.33. The lowest BCUT2D eigenvalue weighted by atomic mass is 10.2. The van der Waals surface area contributed by atoms with Crippen LogP contribution in [0.1, 0.15) is 16.1 Å². The molecule has 0 aliphatic heterocycles. The molecule has 0 aromatic carbocycles. The number of aryl methyl sites for hydroxylation is 1. The van der Waals surface area contributed by atoms with E-state index in [-0.39, 0.29) is 16.8 Å². The van der Waals surface area contributed by atoms with Crippen molar-refractivity contribution in [1.82, 2.24) is 15.0 Å². The number of carbonyl (C=O) groups is 1. The Kier molecular flexibility index (Phi) is 4.11. The van der Waals surface area contributed by atoms with Gasteiger partial charge < -0.3 is 10.3 Å². The van der Waals surface area contributed by atoms with Crippen LogP contribution in [-0.4, -0.2) is 20.9 Å². The van der Waals surface area contributed by atoms with Crippen LogP contribution < -0.4 is 10.7 Å². The Morgan fingerprint density at radius 1 is 1.42 bits per heavy atom. The molecule has 0 saturated carbocycles. The normalized spacial score (nSPS) is 10.3. The number of rotatable bonds is 2. The zero-order valence-corrected chi connectivity index (χ0v) is 12.9. The molecular formula is C11H8Br2N4O2. The number of nitrogens with zero attached hydrogens (tertiary/aromatic N) is 2. The van der Waals surface area contributed by atoms with E-state index in [2.05, 4.69) is 52.1 Å². The van der Waals surface area contributed by atoms with Gasteiger partial charge in [-0.05, 0) is 38.8 Å². The van der Waals surface area contributed by atoms with Crippen LogP contribution in [0.4, 0.5) is 5.82 Å². The minimum Gasteiger partial charge on any atom is -0.364 e. The predicted molar refractivity (Wildman–Crippen MR) is 77.2 cm³/mol. The highest BCUT2D eigenvalue weighted by atomic mass is 79.9. The Bertz CT molecular complexity index is 699. The second-order valence-corrected chi connectivity index (χ2v) is 5.24. The van der Waals surface area contributed by atoms with E-state index in [4.69, 9.17) is 0 Å². The monoisotopic (exact) mass is 386 g/mol. The summed E-state index contributed by atoms with van der Waals surface area (Å²) in [5, 5.41) is 2.51. The number of H-pyrrole nitrogens is 1. The highest BCUT2D eigenvalue weighted by Gasteiger charge is 2.13. The summed E-state index contributed by atoms with van der Waals surface area (Å²) < 4.78 is 0.907. The van der Waals surface area contributed by atoms with Crippen LogP contribution in [0.2, 0.25) is 0 Å². The molecule has 0 spiro atoms. The summed E-state index contributed by atoms with van der Waals surface area (Å²) in [4.78, 5) is 34.5. The maximum atomic E-state index is 12.0. The molecule has 0 bridgehead atoms. The van der Waals surface area contributed by atoms with Gasteiger partial charge >= 0.3 is 0 Å². The molecule has 0 saturated heterocycles. The van der Waals surface area contributed by atoms with E-state index in [1.54, 1.807) is 6.92 Å². The van der Waals surface area contributed by atoms with Crippen molar-refractivity contribution in [3.8, 4) is 0 Å². The zero-order valence-electron chi connectivity index (χ0n) is 9.70. The molecule has 2 heterocycles. The molecule has 0 aliphatic rings. The molecule has 0 radical (unpaired) electrons. The first kappa shape index (κ1) is 13.9. The highest BCUT2D eigenvalue weighted by molar-refractivity contribution is 9.11. The molecule has 2 rings (SSSR count). The number of hydrogen-bond donors (Lipinski definition) is 2. The summed E-state index contributed by atoms with van der Waals surface area (Å²) in [6.07, 6.45) is 2.81. The summed E-state index contributed by atoms with van der Waals surface area (Å²) in [5.74, 6) is -0.299. The number of anilines is 1. The lowest BCUT2D eigenvalue weighted by molar-refractivity contribution is 0.102. The largest absolute Gasteiger partial charge is 0.364 e. The van der Waals surface area contributed by atoms with E-state index < -0.39 is 5.91 Å². The number of aromatic amines is 1. The van der Waals surface area contributed by atoms with Gasteiger partial charge in [0, 0.05) is 18.0 Å². The van der Waals surface area contributed by atoms with Crippen molar-refractivity contribution < 1.29 is 4.79 Å². The first-order chi connectivity index (χ1) is 8.97. The van der Waals surface area contributed by atoms with Gasteiger partial charge in [0.2, 0.25) is 0 Å². The lowest BCUT2D eigenvalue weighted by Gasteiger charge is -2.05. The van der Waals surface area contributed by atoms with Crippen molar-refractivity contribution in [2.75, 3.05) is 5.32 Å². The second kappa shape index (κ2) is 5.62. The molecule has 2 aromatic heterocycles. The maximum Gasteiger partial charge on any atom is 0.262 e. The average Bonchev–Trinajstić information content (AvgIpc) is 2.32. The standard InChI is InChI=1S/C11H8Br2N4O2/c1-5-2-7(18)6(3-14-5)11(19)17-10-9(13)16-8(12)4-15-10/h2-4H,1H3,(H,14,18)(H,15,17,19). The van der Waals surface area contributed by atoms with E-state index in [1.807, 2.05) is 0 Å². The molecule has 0 atom stereocenters. The van der Waals surface area contributed by atoms with Crippen LogP contribution in [0, 0.1) is 6.92 Å². The quantitative estimate of drug-likeness (QED) is 0.827. The maximum absolute atomic E-state index is 12.0. The number of halogens is 2. The van der Waals surface area contributed by atoms with Crippen LogP contribution in [0.3, 0.4) is 0 Å². The zero-order chi connectivity index (χ0) is 14.0. The van der Waals surface area contributed by atoms with Crippen molar-refractivity contribution in [3.63, 3.8) is 0 Å². The minimum absolute atomic E-state index is 0.0159. The molecule has 0 unspecified atom stereocenters. The minimum atomic E-state index is -0.543. The van der Waals surface area contributed by atoms with E-state index in [0.29, 0.717) is 14.9 Å². The first-order valence-corrected chi connectivity index (χ1v) is 6.74. The third-order valence-corrected chi connectivity index (χ3v) is 3.17. The SMILES string of the molecule is Cc1cc(=O)c(C(=O)Nc2ncc(Br)nc2Br)c[nH]1. The van der Waals surface area contributed by atoms with Gasteiger partial charge in [0.1, 0.15) is 14.8 Å². The molecule has 98 valence electrons. The second-order valence-electron chi connectivity index (χ2n) is 3.68. The summed E-state index contributed by atoms with van der Waals surface area (Å²) in [7, 11) is 0. The fourth-order valence-corrected chi connectivity index (χ4v) is 2.27. The van der Waals surface area contributed by atoms with Crippen molar-refractivity contribution in [3.05, 3.63) is 49.1 Å². The smallest absolute Gasteiger partial charge is 0.262 e. The van der Waals surface area contributed by atoms with Crippen molar-refractivity contribution in [2.24, 2.45) is 0 Å². The van der Waals surface area contributed by atoms with Gasteiger partial charge in [-0.3, -0.25) is 9.59 Å². The molecule has 2 N–H and O–H groups in total. The van der Waals surface area contributed by atoms with Crippen LogP contribution in [-0.2, 0) is 0 Å². The third kappa shape index (κ3) is 3.27. The highest BCUT2D eigenvalue weighted by Crippen LogP contribution is 2.19. The molecule has 2 aromatic rings. The molecule has 1 amide bonds. The summed E-state index contributed by atoms with van der Waals surface area (Å²) in [5.41, 5.74) is 0.350. The van der Waals surface area contributed by atoms with Crippen molar-refractivity contribution in [1.29, 1.82) is 0 Å². The van der Waals surface area contributed by atoms with Gasteiger partial charge in [0.15, 0.2) is 11.2 Å². The van der Waals surface area contributed by atoms with Crippen molar-refractivity contribution in [2.45, 2.75) is 6.92 Å². The Morgan fingerprint density at radius 2 is 2.16 bits per heavy atom. The van der Waals surface area contributed by atoms with Gasteiger partial charge in [-0.25, -0.2) is 9.97 Å². The van der Waals surface area contributed by atoms with Crippen LogP contribution in [0.15, 0.2) is 32.5 Å². The van der Waals surface area contributed by atoms with Gasteiger partial charge in [-0.2, -0.15) is 0 Å². The lowest BCUT2D eigenvalue weighted by Crippen LogP contribution is -2.22. The summed E-state index contributed by atoms with van der Waals surface area (Å²) in [6.45, 7) is 1.74. The molecule has 19 heavy (non-hydrogen) atoms. The van der Waals surface area contributed by atoms with Crippen molar-refractivity contribution >= 4 is 43.6 Å². The van der Waals surface area contributed by atoms with Gasteiger partial charge in [0.05, 0.1) is 6.20 Å². The van der Waals surface area contributed by atoms with Gasteiger partial charge in [0.25, 0.3) is 5.91 Å². The van der Waals surface area contributed by atoms with Gasteiger partial charge in [-0.1, -0.05) is 0 Å². The average molecular weight is 388 g/mol. The number of pyridine rings is 1. The summed E-state index contributed by atoms with van der Waals surface area (Å²) in [6, 6.07) is 1.36. The first-order valence-electron chi connectivity index (χ1n) is 5.16. The topological polar surface area (TPSA) is 87.7 Å². The number of amides is 1.